The quantitative estimate of drug-likeness (QED) is 0.751. The van der Waals surface area contributed by atoms with Gasteiger partial charge in [-0.25, -0.2) is 0 Å². The number of hydrogen-bond donors (Lipinski definition) is 2. The highest BCUT2D eigenvalue weighted by atomic mass is 15.0. The maximum absolute atomic E-state index is 6.04. The molecule has 2 saturated carbocycles. The van der Waals surface area contributed by atoms with Gasteiger partial charge in [0.25, 0.3) is 0 Å². The molecule has 0 heterocycles. The third-order valence-electron chi connectivity index (χ3n) is 4.66. The van der Waals surface area contributed by atoms with Crippen LogP contribution in [-0.2, 0) is 0 Å². The van der Waals surface area contributed by atoms with Crippen LogP contribution in [0, 0.1) is 5.92 Å². The number of nitrogens with one attached hydrogen (secondary N) is 1. The zero-order valence-corrected chi connectivity index (χ0v) is 10.1. The molecule has 2 fully saturated rings. The van der Waals surface area contributed by atoms with Gasteiger partial charge >= 0.3 is 0 Å². The second-order valence-electron chi connectivity index (χ2n) is 5.63. The normalized spacial score (nSPS) is 38.4. The Morgan fingerprint density at radius 1 is 1.13 bits per heavy atom. The summed E-state index contributed by atoms with van der Waals surface area (Å²) in [5.41, 5.74) is 6.32. The van der Waals surface area contributed by atoms with Crippen LogP contribution in [-0.4, -0.2) is 18.1 Å². The molecule has 3 N–H and O–H groups in total. The molecule has 0 radical (unpaired) electrons. The van der Waals surface area contributed by atoms with Crippen LogP contribution in [0.2, 0.25) is 0 Å². The molecule has 0 aliphatic heterocycles. The van der Waals surface area contributed by atoms with Crippen LogP contribution in [0.5, 0.6) is 0 Å². The zero-order valence-electron chi connectivity index (χ0n) is 10.1. The molecule has 0 aromatic rings. The molecule has 0 aromatic carbocycles. The molecule has 2 aliphatic carbocycles. The van der Waals surface area contributed by atoms with Crippen LogP contribution >= 0.6 is 0 Å². The lowest BCUT2D eigenvalue weighted by Crippen LogP contribution is -2.59. The topological polar surface area (TPSA) is 38.0 Å². The van der Waals surface area contributed by atoms with E-state index < -0.39 is 0 Å². The average molecular weight is 210 g/mol. The SMILES string of the molecule is CC1CCCCC1(CN)NC1CCCC1. The van der Waals surface area contributed by atoms with Crippen molar-refractivity contribution < 1.29 is 0 Å². The maximum atomic E-state index is 6.04. The highest BCUT2D eigenvalue weighted by Gasteiger charge is 2.38. The molecular weight excluding hydrogens is 184 g/mol. The van der Waals surface area contributed by atoms with Crippen LogP contribution < -0.4 is 11.1 Å². The highest BCUT2D eigenvalue weighted by Crippen LogP contribution is 2.34. The van der Waals surface area contributed by atoms with E-state index in [1.807, 2.05) is 0 Å². The van der Waals surface area contributed by atoms with Crippen LogP contribution in [0.25, 0.3) is 0 Å². The molecule has 2 heteroatoms. The van der Waals surface area contributed by atoms with Gasteiger partial charge < -0.3 is 11.1 Å². The fourth-order valence-electron chi connectivity index (χ4n) is 3.47. The molecule has 0 bridgehead atoms. The van der Waals surface area contributed by atoms with Crippen LogP contribution in [0.4, 0.5) is 0 Å². The summed E-state index contributed by atoms with van der Waals surface area (Å²) < 4.78 is 0. The van der Waals surface area contributed by atoms with Gasteiger partial charge in [0.2, 0.25) is 0 Å². The lowest BCUT2D eigenvalue weighted by Gasteiger charge is -2.44. The van der Waals surface area contributed by atoms with Gasteiger partial charge in [-0.15, -0.1) is 0 Å². The molecule has 0 aromatic heterocycles. The Kier molecular flexibility index (Phi) is 3.68. The lowest BCUT2D eigenvalue weighted by atomic mass is 9.73. The van der Waals surface area contributed by atoms with E-state index in [0.717, 1.165) is 18.5 Å². The maximum Gasteiger partial charge on any atom is 0.0332 e. The molecular formula is C13H26N2. The fraction of sp³-hybridized carbons (Fsp3) is 1.00. The molecule has 15 heavy (non-hydrogen) atoms. The number of rotatable bonds is 3. The van der Waals surface area contributed by atoms with Crippen LogP contribution in [0.3, 0.4) is 0 Å². The monoisotopic (exact) mass is 210 g/mol. The van der Waals surface area contributed by atoms with Crippen molar-refractivity contribution in [2.24, 2.45) is 11.7 Å². The highest BCUT2D eigenvalue weighted by molar-refractivity contribution is 4.98. The van der Waals surface area contributed by atoms with Crippen molar-refractivity contribution in [3.63, 3.8) is 0 Å². The Balaban J connectivity index is 1.98. The van der Waals surface area contributed by atoms with E-state index >= 15 is 0 Å². The molecule has 2 nitrogen and oxygen atoms in total. The predicted molar refractivity (Wildman–Crippen MR) is 64.8 cm³/mol. The van der Waals surface area contributed by atoms with Crippen molar-refractivity contribution in [1.29, 1.82) is 0 Å². The van der Waals surface area contributed by atoms with Crippen molar-refractivity contribution >= 4 is 0 Å². The van der Waals surface area contributed by atoms with E-state index in [0.29, 0.717) is 0 Å². The van der Waals surface area contributed by atoms with Gasteiger partial charge in [0.15, 0.2) is 0 Å². The minimum Gasteiger partial charge on any atom is -0.329 e. The molecule has 2 aliphatic rings. The van der Waals surface area contributed by atoms with Crippen molar-refractivity contribution in [3.8, 4) is 0 Å². The van der Waals surface area contributed by atoms with Crippen molar-refractivity contribution in [2.45, 2.75) is 69.9 Å². The zero-order chi connectivity index (χ0) is 10.7. The molecule has 0 amide bonds. The third kappa shape index (κ3) is 2.36. The summed E-state index contributed by atoms with van der Waals surface area (Å²) in [4.78, 5) is 0. The van der Waals surface area contributed by atoms with E-state index in [9.17, 15) is 0 Å². The van der Waals surface area contributed by atoms with Gasteiger partial charge in [-0.1, -0.05) is 32.6 Å². The largest absolute Gasteiger partial charge is 0.329 e. The average Bonchev–Trinajstić information content (AvgIpc) is 2.74. The third-order valence-corrected chi connectivity index (χ3v) is 4.66. The van der Waals surface area contributed by atoms with Gasteiger partial charge in [0, 0.05) is 18.1 Å². The van der Waals surface area contributed by atoms with Crippen molar-refractivity contribution in [2.75, 3.05) is 6.54 Å². The molecule has 2 unspecified atom stereocenters. The minimum atomic E-state index is 0.271. The van der Waals surface area contributed by atoms with Gasteiger partial charge in [-0.2, -0.15) is 0 Å². The van der Waals surface area contributed by atoms with E-state index in [4.69, 9.17) is 5.73 Å². The smallest absolute Gasteiger partial charge is 0.0332 e. The first kappa shape index (κ1) is 11.4. The number of hydrogen-bond acceptors (Lipinski definition) is 2. The van der Waals surface area contributed by atoms with Crippen molar-refractivity contribution in [3.05, 3.63) is 0 Å². The first-order chi connectivity index (χ1) is 7.27. The van der Waals surface area contributed by atoms with Gasteiger partial charge in [0.05, 0.1) is 0 Å². The summed E-state index contributed by atoms with van der Waals surface area (Å²) >= 11 is 0. The molecule has 88 valence electrons. The first-order valence-corrected chi connectivity index (χ1v) is 6.74. The number of nitrogens with two attached hydrogens (primary N) is 1. The van der Waals surface area contributed by atoms with E-state index in [2.05, 4.69) is 12.2 Å². The lowest BCUT2D eigenvalue weighted by molar-refractivity contribution is 0.144. The van der Waals surface area contributed by atoms with Crippen LogP contribution in [0.1, 0.15) is 58.3 Å². The second kappa shape index (κ2) is 4.84. The summed E-state index contributed by atoms with van der Waals surface area (Å²) in [5, 5.41) is 3.91. The molecule has 2 rings (SSSR count). The summed E-state index contributed by atoms with van der Waals surface area (Å²) in [6.07, 6.45) is 11.0. The Morgan fingerprint density at radius 2 is 1.80 bits per heavy atom. The standard InChI is InChI=1S/C13H26N2/c1-11-6-4-5-9-13(11,10-14)15-12-7-2-3-8-12/h11-12,15H,2-10,14H2,1H3. The Morgan fingerprint density at radius 3 is 2.40 bits per heavy atom. The van der Waals surface area contributed by atoms with E-state index in [1.54, 1.807) is 0 Å². The fourth-order valence-corrected chi connectivity index (χ4v) is 3.47. The molecule has 2 atom stereocenters. The van der Waals surface area contributed by atoms with Crippen molar-refractivity contribution in [1.82, 2.24) is 5.32 Å². The summed E-state index contributed by atoms with van der Waals surface area (Å²) in [6.45, 7) is 3.21. The Bertz CT molecular complexity index is 199. The summed E-state index contributed by atoms with van der Waals surface area (Å²) in [5.74, 6) is 0.761. The molecule has 0 saturated heterocycles. The van der Waals surface area contributed by atoms with Gasteiger partial charge in [-0.05, 0) is 31.6 Å². The van der Waals surface area contributed by atoms with E-state index in [-0.39, 0.29) is 5.54 Å². The minimum absolute atomic E-state index is 0.271. The van der Waals surface area contributed by atoms with Gasteiger partial charge in [0.1, 0.15) is 0 Å². The summed E-state index contributed by atoms with van der Waals surface area (Å²) in [7, 11) is 0. The Hall–Kier alpha value is -0.0800. The summed E-state index contributed by atoms with van der Waals surface area (Å²) in [6, 6.07) is 0.758. The van der Waals surface area contributed by atoms with Gasteiger partial charge in [-0.3, -0.25) is 0 Å². The molecule has 0 spiro atoms. The second-order valence-corrected chi connectivity index (χ2v) is 5.63. The Labute approximate surface area is 94.0 Å². The van der Waals surface area contributed by atoms with E-state index in [1.165, 1.54) is 51.4 Å². The predicted octanol–water partition coefficient (Wildman–Crippen LogP) is 2.43. The van der Waals surface area contributed by atoms with Crippen LogP contribution in [0.15, 0.2) is 0 Å². The first-order valence-electron chi connectivity index (χ1n) is 6.74.